The van der Waals surface area contributed by atoms with Crippen molar-refractivity contribution in [1.29, 1.82) is 0 Å². The molecule has 0 radical (unpaired) electrons. The molecule has 1 N–H and O–H groups in total. The molecule has 4 rings (SSSR count). The molecule has 1 atom stereocenters. The van der Waals surface area contributed by atoms with Gasteiger partial charge in [0.1, 0.15) is 5.82 Å². The molecule has 144 valence electrons. The van der Waals surface area contributed by atoms with Crippen LogP contribution in [0, 0.1) is 0 Å². The maximum Gasteiger partial charge on any atom is 0.176 e. The average Bonchev–Trinajstić information content (AvgIpc) is 3.12. The quantitative estimate of drug-likeness (QED) is 0.848. The molecule has 2 aliphatic heterocycles. The van der Waals surface area contributed by atoms with E-state index in [1.54, 1.807) is 14.2 Å². The van der Waals surface area contributed by atoms with E-state index in [-0.39, 0.29) is 6.29 Å². The van der Waals surface area contributed by atoms with Crippen molar-refractivity contribution in [1.82, 2.24) is 14.5 Å². The zero-order chi connectivity index (χ0) is 18.8. The van der Waals surface area contributed by atoms with Gasteiger partial charge in [-0.25, -0.2) is 4.98 Å². The minimum Gasteiger partial charge on any atom is -0.493 e. The van der Waals surface area contributed by atoms with Crippen LogP contribution in [0.1, 0.15) is 36.8 Å². The van der Waals surface area contributed by atoms with Gasteiger partial charge in [0.05, 0.1) is 19.9 Å². The number of fused-ring (bicyclic) bond motifs is 2. The maximum absolute atomic E-state index is 5.43. The van der Waals surface area contributed by atoms with Gasteiger partial charge in [-0.3, -0.25) is 9.89 Å². The Hall–Kier alpha value is -2.54. The average molecular weight is 369 g/mol. The summed E-state index contributed by atoms with van der Waals surface area (Å²) in [5.41, 5.74) is 3.28. The summed E-state index contributed by atoms with van der Waals surface area (Å²) in [6.45, 7) is 4.97. The summed E-state index contributed by atoms with van der Waals surface area (Å²) in [7, 11) is 3.30. The molecule has 0 spiro atoms. The number of nitrogens with one attached hydrogen (secondary N) is 1. The van der Waals surface area contributed by atoms with E-state index >= 15 is 0 Å². The maximum atomic E-state index is 5.43. The third-order valence-electron chi connectivity index (χ3n) is 5.29. The molecule has 1 aromatic carbocycles. The highest BCUT2D eigenvalue weighted by atomic mass is 16.5. The van der Waals surface area contributed by atoms with E-state index in [0.29, 0.717) is 5.75 Å². The van der Waals surface area contributed by atoms with Crippen LogP contribution in [-0.4, -0.2) is 47.7 Å². The fraction of sp³-hybridized carbons (Fsp3) is 0.500. The molecule has 0 saturated heterocycles. The van der Waals surface area contributed by atoms with Crippen LogP contribution < -0.4 is 14.8 Å². The van der Waals surface area contributed by atoms with Crippen LogP contribution in [0.4, 0.5) is 5.69 Å². The van der Waals surface area contributed by atoms with E-state index in [9.17, 15) is 0 Å². The summed E-state index contributed by atoms with van der Waals surface area (Å²) in [4.78, 5) is 11.7. The highest BCUT2D eigenvalue weighted by molar-refractivity contribution is 5.91. The normalized spacial score (nSPS) is 18.6. The number of aliphatic imine (C=N–C) groups is 1. The summed E-state index contributed by atoms with van der Waals surface area (Å²) in [6.07, 6.45) is 7.30. The summed E-state index contributed by atoms with van der Waals surface area (Å²) < 4.78 is 13.2. The molecule has 0 amide bonds. The first-order chi connectivity index (χ1) is 13.2. The second-order valence-corrected chi connectivity index (χ2v) is 6.98. The Morgan fingerprint density at radius 2 is 2.00 bits per heavy atom. The monoisotopic (exact) mass is 369 g/mol. The lowest BCUT2D eigenvalue weighted by atomic mass is 10.1. The summed E-state index contributed by atoms with van der Waals surface area (Å²) in [5, 5.41) is 3.53. The van der Waals surface area contributed by atoms with Crippen molar-refractivity contribution in [3.8, 4) is 11.5 Å². The summed E-state index contributed by atoms with van der Waals surface area (Å²) in [6, 6.07) is 3.93. The highest BCUT2D eigenvalue weighted by Gasteiger charge is 2.27. The van der Waals surface area contributed by atoms with Crippen molar-refractivity contribution in [3.63, 3.8) is 0 Å². The Morgan fingerprint density at radius 3 is 2.78 bits per heavy atom. The first kappa shape index (κ1) is 17.9. The van der Waals surface area contributed by atoms with E-state index in [1.165, 1.54) is 24.4 Å². The van der Waals surface area contributed by atoms with E-state index in [4.69, 9.17) is 14.5 Å². The van der Waals surface area contributed by atoms with E-state index in [2.05, 4.69) is 26.7 Å². The molecular formula is C20H27N5O2. The van der Waals surface area contributed by atoms with Crippen molar-refractivity contribution in [3.05, 3.63) is 35.4 Å². The molecule has 2 aromatic rings. The molecule has 1 aromatic heterocycles. The van der Waals surface area contributed by atoms with Gasteiger partial charge in [0.15, 0.2) is 17.8 Å². The van der Waals surface area contributed by atoms with Crippen molar-refractivity contribution >= 4 is 11.9 Å². The third-order valence-corrected chi connectivity index (χ3v) is 5.29. The number of ether oxygens (including phenoxy) is 2. The fourth-order valence-corrected chi connectivity index (χ4v) is 3.75. The SMILES string of the molecule is CCCCc1ncc2n1CCN(C1N=Cc3cc(OC)c(OC)cc3N1)C2. The molecule has 0 aliphatic carbocycles. The Bertz CT molecular complexity index is 845. The van der Waals surface area contributed by atoms with E-state index in [1.807, 2.05) is 24.5 Å². The predicted molar refractivity (Wildman–Crippen MR) is 106 cm³/mol. The molecule has 2 aliphatic rings. The lowest BCUT2D eigenvalue weighted by Gasteiger charge is -2.35. The molecule has 7 heteroatoms. The molecule has 7 nitrogen and oxygen atoms in total. The van der Waals surface area contributed by atoms with Crippen LogP contribution in [0.3, 0.4) is 0 Å². The van der Waals surface area contributed by atoms with Crippen molar-refractivity contribution in [2.24, 2.45) is 4.99 Å². The standard InChI is InChI=1S/C20H27N5O2/c1-4-5-6-19-21-12-15-13-24(7-8-25(15)19)20-22-11-14-9-17(26-2)18(27-3)10-16(14)23-20/h9-12,20,23H,4-8,13H2,1-3H3. The van der Waals surface area contributed by atoms with Crippen molar-refractivity contribution in [2.75, 3.05) is 26.1 Å². The summed E-state index contributed by atoms with van der Waals surface area (Å²) in [5.74, 6) is 2.65. The van der Waals surface area contributed by atoms with Crippen molar-refractivity contribution < 1.29 is 9.47 Å². The minimum absolute atomic E-state index is 0.0849. The number of nitrogens with zero attached hydrogens (tertiary/aromatic N) is 4. The van der Waals surface area contributed by atoms with Gasteiger partial charge >= 0.3 is 0 Å². The first-order valence-electron chi connectivity index (χ1n) is 9.56. The van der Waals surface area contributed by atoms with Gasteiger partial charge in [-0.05, 0) is 12.5 Å². The number of methoxy groups -OCH3 is 2. The Morgan fingerprint density at radius 1 is 1.19 bits per heavy atom. The Balaban J connectivity index is 1.50. The van der Waals surface area contributed by atoms with Gasteiger partial charge < -0.3 is 19.4 Å². The highest BCUT2D eigenvalue weighted by Crippen LogP contribution is 2.35. The number of aromatic nitrogens is 2. The number of imidazole rings is 1. The third kappa shape index (κ3) is 3.39. The van der Waals surface area contributed by atoms with E-state index in [0.717, 1.165) is 43.1 Å². The van der Waals surface area contributed by atoms with Crippen LogP contribution in [0.2, 0.25) is 0 Å². The van der Waals surface area contributed by atoms with Crippen LogP contribution >= 0.6 is 0 Å². The number of hydrogen-bond donors (Lipinski definition) is 1. The number of unbranched alkanes of at least 4 members (excludes halogenated alkanes) is 1. The number of hydrogen-bond acceptors (Lipinski definition) is 6. The molecular weight excluding hydrogens is 342 g/mol. The topological polar surface area (TPSA) is 63.9 Å². The Labute approximate surface area is 160 Å². The molecule has 0 saturated carbocycles. The Kier molecular flexibility index (Phi) is 5.03. The van der Waals surface area contributed by atoms with Gasteiger partial charge in [-0.2, -0.15) is 0 Å². The number of rotatable bonds is 6. The van der Waals surface area contributed by atoms with Crippen LogP contribution in [0.5, 0.6) is 11.5 Å². The minimum atomic E-state index is -0.0849. The number of aryl methyl sites for hydroxylation is 1. The molecule has 0 fully saturated rings. The van der Waals surface area contributed by atoms with Gasteiger partial charge in [0.2, 0.25) is 0 Å². The second-order valence-electron chi connectivity index (χ2n) is 6.98. The van der Waals surface area contributed by atoms with Gasteiger partial charge in [-0.15, -0.1) is 0 Å². The van der Waals surface area contributed by atoms with Gasteiger partial charge in [-0.1, -0.05) is 13.3 Å². The smallest absolute Gasteiger partial charge is 0.176 e. The fourth-order valence-electron chi connectivity index (χ4n) is 3.75. The second kappa shape index (κ2) is 7.60. The van der Waals surface area contributed by atoms with Crippen molar-refractivity contribution in [2.45, 2.75) is 45.6 Å². The predicted octanol–water partition coefficient (Wildman–Crippen LogP) is 2.89. The molecule has 1 unspecified atom stereocenters. The zero-order valence-electron chi connectivity index (χ0n) is 16.2. The molecule has 27 heavy (non-hydrogen) atoms. The van der Waals surface area contributed by atoms with Gasteiger partial charge in [0.25, 0.3) is 0 Å². The first-order valence-corrected chi connectivity index (χ1v) is 9.56. The lowest BCUT2D eigenvalue weighted by molar-refractivity contribution is 0.174. The molecule has 0 bridgehead atoms. The summed E-state index contributed by atoms with van der Waals surface area (Å²) >= 11 is 0. The lowest BCUT2D eigenvalue weighted by Crippen LogP contribution is -2.45. The van der Waals surface area contributed by atoms with Crippen LogP contribution in [0.15, 0.2) is 23.3 Å². The van der Waals surface area contributed by atoms with E-state index < -0.39 is 0 Å². The zero-order valence-corrected chi connectivity index (χ0v) is 16.2. The van der Waals surface area contributed by atoms with Gasteiger partial charge in [0, 0.05) is 55.8 Å². The largest absolute Gasteiger partial charge is 0.493 e. The van der Waals surface area contributed by atoms with Crippen LogP contribution in [0.25, 0.3) is 0 Å². The van der Waals surface area contributed by atoms with Crippen LogP contribution in [-0.2, 0) is 19.5 Å². The number of benzene rings is 1. The molecule has 3 heterocycles. The number of anilines is 1.